The number of fused-ring (bicyclic) bond motifs is 1. The van der Waals surface area contributed by atoms with Crippen LogP contribution in [0.3, 0.4) is 0 Å². The van der Waals surface area contributed by atoms with Gasteiger partial charge in [-0.15, -0.1) is 0 Å². The first-order valence-electron chi connectivity index (χ1n) is 7.80. The third kappa shape index (κ3) is 3.61. The minimum absolute atomic E-state index is 0.787. The van der Waals surface area contributed by atoms with Crippen LogP contribution in [0.4, 0.5) is 0 Å². The first-order valence-corrected chi connectivity index (χ1v) is 7.80. The molecule has 1 N–H and O–H groups in total. The van der Waals surface area contributed by atoms with E-state index in [1.807, 2.05) is 18.3 Å². The van der Waals surface area contributed by atoms with E-state index in [2.05, 4.69) is 35.4 Å². The quantitative estimate of drug-likeness (QED) is 0.817. The van der Waals surface area contributed by atoms with Gasteiger partial charge in [0.05, 0.1) is 5.69 Å². The number of hydrogen-bond donors (Lipinski definition) is 1. The summed E-state index contributed by atoms with van der Waals surface area (Å²) in [6, 6.07) is 10.4. The lowest BCUT2D eigenvalue weighted by Crippen LogP contribution is -2.14. The van der Waals surface area contributed by atoms with Gasteiger partial charge in [-0.2, -0.15) is 0 Å². The molecular weight excluding hydrogens is 260 g/mol. The Hall–Kier alpha value is -1.87. The first kappa shape index (κ1) is 14.1. The molecule has 0 bridgehead atoms. The van der Waals surface area contributed by atoms with Crippen LogP contribution in [0.5, 0.6) is 11.5 Å². The fraction of sp³-hybridized carbons (Fsp3) is 0.389. The van der Waals surface area contributed by atoms with E-state index < -0.39 is 0 Å². The lowest BCUT2D eigenvalue weighted by atomic mass is 10.1. The average molecular weight is 282 g/mol. The van der Waals surface area contributed by atoms with Crippen molar-refractivity contribution in [3.63, 3.8) is 0 Å². The van der Waals surface area contributed by atoms with E-state index >= 15 is 0 Å². The van der Waals surface area contributed by atoms with Crippen LogP contribution in [-0.4, -0.2) is 11.5 Å². The molecule has 1 heterocycles. The third-order valence-corrected chi connectivity index (χ3v) is 3.83. The third-order valence-electron chi connectivity index (χ3n) is 3.83. The smallest absolute Gasteiger partial charge is 0.130 e. The summed E-state index contributed by atoms with van der Waals surface area (Å²) >= 11 is 0. The van der Waals surface area contributed by atoms with Gasteiger partial charge in [-0.25, -0.2) is 0 Å². The summed E-state index contributed by atoms with van der Waals surface area (Å²) < 4.78 is 5.98. The van der Waals surface area contributed by atoms with Crippen molar-refractivity contribution < 1.29 is 4.74 Å². The second-order valence-corrected chi connectivity index (χ2v) is 5.55. The number of rotatable bonds is 6. The van der Waals surface area contributed by atoms with Gasteiger partial charge in [0, 0.05) is 18.8 Å². The van der Waals surface area contributed by atoms with Gasteiger partial charge in [-0.05, 0) is 61.6 Å². The normalized spacial score (nSPS) is 13.2. The Balaban J connectivity index is 1.68. The minimum Gasteiger partial charge on any atom is -0.457 e. The number of hydrogen-bond acceptors (Lipinski definition) is 3. The molecule has 1 aliphatic rings. The highest BCUT2D eigenvalue weighted by atomic mass is 16.5. The largest absolute Gasteiger partial charge is 0.457 e. The molecule has 3 rings (SSSR count). The predicted molar refractivity (Wildman–Crippen MR) is 84.8 cm³/mol. The highest BCUT2D eigenvalue weighted by Gasteiger charge is 2.11. The number of benzene rings is 1. The van der Waals surface area contributed by atoms with E-state index in [-0.39, 0.29) is 0 Å². The van der Waals surface area contributed by atoms with Crippen LogP contribution < -0.4 is 10.1 Å². The number of ether oxygens (including phenoxy) is 1. The van der Waals surface area contributed by atoms with Crippen LogP contribution in [0.1, 0.15) is 36.6 Å². The zero-order chi connectivity index (χ0) is 14.5. The second-order valence-electron chi connectivity index (χ2n) is 5.55. The van der Waals surface area contributed by atoms with Gasteiger partial charge in [0.15, 0.2) is 0 Å². The molecule has 1 aromatic carbocycles. The van der Waals surface area contributed by atoms with Crippen molar-refractivity contribution in [2.75, 3.05) is 6.54 Å². The molecule has 0 unspecified atom stereocenters. The Bertz CT molecular complexity index is 610. The molecule has 0 saturated heterocycles. The second kappa shape index (κ2) is 6.72. The van der Waals surface area contributed by atoms with Crippen molar-refractivity contribution in [3.8, 4) is 11.5 Å². The molecule has 0 amide bonds. The van der Waals surface area contributed by atoms with Crippen molar-refractivity contribution in [1.82, 2.24) is 10.3 Å². The first-order chi connectivity index (χ1) is 10.3. The highest BCUT2D eigenvalue weighted by molar-refractivity contribution is 5.40. The summed E-state index contributed by atoms with van der Waals surface area (Å²) in [5.74, 6) is 1.78. The van der Waals surface area contributed by atoms with Gasteiger partial charge in [0.1, 0.15) is 11.5 Å². The van der Waals surface area contributed by atoms with Crippen LogP contribution in [-0.2, 0) is 19.4 Å². The van der Waals surface area contributed by atoms with Crippen molar-refractivity contribution in [1.29, 1.82) is 0 Å². The Kier molecular flexibility index (Phi) is 4.51. The zero-order valence-electron chi connectivity index (χ0n) is 12.6. The molecule has 1 aromatic heterocycles. The summed E-state index contributed by atoms with van der Waals surface area (Å²) in [7, 11) is 0. The Morgan fingerprint density at radius 1 is 1.10 bits per heavy atom. The fourth-order valence-electron chi connectivity index (χ4n) is 2.76. The molecular formula is C18H22N2O. The number of aromatic nitrogens is 1. The molecule has 0 saturated carbocycles. The van der Waals surface area contributed by atoms with E-state index in [0.29, 0.717) is 0 Å². The van der Waals surface area contributed by atoms with Gasteiger partial charge in [-0.1, -0.05) is 13.0 Å². The standard InChI is InChI=1S/C18H22N2O/c1-2-9-19-13-16-12-18(8-10-20-16)21-17-7-6-14-4-3-5-15(14)11-17/h6-8,10-12,19H,2-5,9,13H2,1H3. The summed E-state index contributed by atoms with van der Waals surface area (Å²) in [5, 5.41) is 3.36. The summed E-state index contributed by atoms with van der Waals surface area (Å²) in [4.78, 5) is 4.37. The molecule has 0 fully saturated rings. The van der Waals surface area contributed by atoms with Crippen molar-refractivity contribution in [2.24, 2.45) is 0 Å². The monoisotopic (exact) mass is 282 g/mol. The van der Waals surface area contributed by atoms with Crippen LogP contribution in [0.25, 0.3) is 0 Å². The Morgan fingerprint density at radius 3 is 2.86 bits per heavy atom. The van der Waals surface area contributed by atoms with E-state index in [1.54, 1.807) is 0 Å². The molecule has 0 radical (unpaired) electrons. The fourth-order valence-corrected chi connectivity index (χ4v) is 2.76. The predicted octanol–water partition coefficient (Wildman–Crippen LogP) is 3.86. The minimum atomic E-state index is 0.787. The molecule has 3 nitrogen and oxygen atoms in total. The summed E-state index contributed by atoms with van der Waals surface area (Å²) in [6.07, 6.45) is 6.59. The summed E-state index contributed by atoms with van der Waals surface area (Å²) in [5.41, 5.74) is 3.93. The Labute approximate surface area is 126 Å². The maximum absolute atomic E-state index is 5.98. The van der Waals surface area contributed by atoms with E-state index in [9.17, 15) is 0 Å². The average Bonchev–Trinajstić information content (AvgIpc) is 2.95. The van der Waals surface area contributed by atoms with Crippen LogP contribution >= 0.6 is 0 Å². The maximum atomic E-state index is 5.98. The molecule has 3 heteroatoms. The molecule has 110 valence electrons. The van der Waals surface area contributed by atoms with Crippen molar-refractivity contribution >= 4 is 0 Å². The number of nitrogens with zero attached hydrogens (tertiary/aromatic N) is 1. The lowest BCUT2D eigenvalue weighted by molar-refractivity contribution is 0.479. The number of pyridine rings is 1. The van der Waals surface area contributed by atoms with Gasteiger partial charge in [0.25, 0.3) is 0 Å². The van der Waals surface area contributed by atoms with Crippen LogP contribution in [0, 0.1) is 0 Å². The van der Waals surface area contributed by atoms with Gasteiger partial charge in [-0.3, -0.25) is 4.98 Å². The van der Waals surface area contributed by atoms with Crippen LogP contribution in [0.15, 0.2) is 36.5 Å². The SMILES string of the molecule is CCCNCc1cc(Oc2ccc3c(c2)CCC3)ccn1. The van der Waals surface area contributed by atoms with Gasteiger partial charge >= 0.3 is 0 Å². The topological polar surface area (TPSA) is 34.1 Å². The van der Waals surface area contributed by atoms with E-state index in [0.717, 1.165) is 36.7 Å². The maximum Gasteiger partial charge on any atom is 0.130 e. The Morgan fingerprint density at radius 2 is 1.95 bits per heavy atom. The van der Waals surface area contributed by atoms with E-state index in [1.165, 1.54) is 30.4 Å². The molecule has 0 spiro atoms. The number of nitrogens with one attached hydrogen (secondary N) is 1. The van der Waals surface area contributed by atoms with Crippen molar-refractivity contribution in [2.45, 2.75) is 39.2 Å². The lowest BCUT2D eigenvalue weighted by Gasteiger charge is -2.09. The summed E-state index contributed by atoms with van der Waals surface area (Å²) in [6.45, 7) is 3.96. The highest BCUT2D eigenvalue weighted by Crippen LogP contribution is 2.28. The molecule has 21 heavy (non-hydrogen) atoms. The van der Waals surface area contributed by atoms with Gasteiger partial charge in [0.2, 0.25) is 0 Å². The molecule has 1 aliphatic carbocycles. The molecule has 2 aromatic rings. The molecule has 0 aliphatic heterocycles. The van der Waals surface area contributed by atoms with E-state index in [4.69, 9.17) is 4.74 Å². The zero-order valence-corrected chi connectivity index (χ0v) is 12.6. The number of aryl methyl sites for hydroxylation is 2. The van der Waals surface area contributed by atoms with Crippen molar-refractivity contribution in [3.05, 3.63) is 53.3 Å². The van der Waals surface area contributed by atoms with Crippen LogP contribution in [0.2, 0.25) is 0 Å². The van der Waals surface area contributed by atoms with Gasteiger partial charge < -0.3 is 10.1 Å². The molecule has 0 atom stereocenters.